The summed E-state index contributed by atoms with van der Waals surface area (Å²) in [5.74, 6) is -0.304. The van der Waals surface area contributed by atoms with Gasteiger partial charge in [-0.1, -0.05) is 6.92 Å². The molecule has 1 aromatic rings. The number of sulfonamides is 1. The monoisotopic (exact) mass is 423 g/mol. The highest BCUT2D eigenvalue weighted by Gasteiger charge is 2.32. The van der Waals surface area contributed by atoms with E-state index in [1.807, 2.05) is 0 Å². The smallest absolute Gasteiger partial charge is 0.262 e. The zero-order valence-electron chi connectivity index (χ0n) is 14.8. The molecule has 0 saturated carbocycles. The van der Waals surface area contributed by atoms with Crippen molar-refractivity contribution in [1.29, 1.82) is 0 Å². The van der Waals surface area contributed by atoms with Crippen LogP contribution in [0.4, 0.5) is 0 Å². The van der Waals surface area contributed by atoms with Crippen molar-refractivity contribution in [3.63, 3.8) is 0 Å². The van der Waals surface area contributed by atoms with Gasteiger partial charge >= 0.3 is 0 Å². The molecule has 0 aliphatic carbocycles. The third kappa shape index (κ3) is 4.76. The van der Waals surface area contributed by atoms with E-state index < -0.39 is 10.0 Å². The van der Waals surface area contributed by atoms with E-state index in [4.69, 9.17) is 4.74 Å². The molecule has 2 fully saturated rings. The van der Waals surface area contributed by atoms with Crippen LogP contribution < -0.4 is 10.6 Å². The van der Waals surface area contributed by atoms with Gasteiger partial charge in [0.05, 0.1) is 13.2 Å². The summed E-state index contributed by atoms with van der Waals surface area (Å²) >= 11 is 1.17. The number of nitrogens with one attached hydrogen (secondary N) is 2. The van der Waals surface area contributed by atoms with Crippen molar-refractivity contribution < 1.29 is 17.9 Å². The Hall–Kier alpha value is -0.710. The summed E-state index contributed by atoms with van der Waals surface area (Å²) in [6.45, 7) is 6.03. The first-order chi connectivity index (χ1) is 11.9. The molecule has 2 saturated heterocycles. The summed E-state index contributed by atoms with van der Waals surface area (Å²) in [7, 11) is -3.66. The van der Waals surface area contributed by atoms with Crippen LogP contribution in [0, 0.1) is 5.41 Å². The van der Waals surface area contributed by atoms with Crippen LogP contribution in [0.3, 0.4) is 0 Å². The van der Waals surface area contributed by atoms with Gasteiger partial charge < -0.3 is 15.4 Å². The number of hydrogen-bond acceptors (Lipinski definition) is 6. The lowest BCUT2D eigenvalue weighted by Gasteiger charge is -2.34. The molecule has 1 amide bonds. The SMILES string of the molecule is CC1(CNC(=O)c2sccc2S(=O)(=O)N2CCOCC2)CCNCC1.Cl. The van der Waals surface area contributed by atoms with E-state index in [1.54, 1.807) is 5.38 Å². The zero-order chi connectivity index (χ0) is 17.9. The van der Waals surface area contributed by atoms with Crippen LogP contribution in [0.5, 0.6) is 0 Å². The average molecular weight is 424 g/mol. The molecule has 3 heterocycles. The van der Waals surface area contributed by atoms with Gasteiger partial charge in [0, 0.05) is 19.6 Å². The van der Waals surface area contributed by atoms with Crippen molar-refractivity contribution in [1.82, 2.24) is 14.9 Å². The normalized spacial score (nSPS) is 21.0. The molecular formula is C16H26ClN3O4S2. The largest absolute Gasteiger partial charge is 0.379 e. The third-order valence-electron chi connectivity index (χ3n) is 4.91. The molecule has 10 heteroatoms. The second-order valence-corrected chi connectivity index (χ2v) is 9.70. The van der Waals surface area contributed by atoms with Crippen LogP contribution in [0.2, 0.25) is 0 Å². The first-order valence-electron chi connectivity index (χ1n) is 8.57. The highest BCUT2D eigenvalue weighted by atomic mass is 35.5. The molecule has 0 atom stereocenters. The van der Waals surface area contributed by atoms with Crippen LogP contribution in [0.25, 0.3) is 0 Å². The molecule has 2 aliphatic heterocycles. The van der Waals surface area contributed by atoms with Gasteiger partial charge in [0.15, 0.2) is 0 Å². The van der Waals surface area contributed by atoms with E-state index >= 15 is 0 Å². The molecule has 0 radical (unpaired) electrons. The summed E-state index contributed by atoms with van der Waals surface area (Å²) < 4.78 is 32.3. The van der Waals surface area contributed by atoms with Crippen molar-refractivity contribution in [3.05, 3.63) is 16.3 Å². The molecule has 0 bridgehead atoms. The lowest BCUT2D eigenvalue weighted by molar-refractivity contribution is 0.0730. The number of carbonyl (C=O) groups is 1. The maximum absolute atomic E-state index is 12.8. The van der Waals surface area contributed by atoms with E-state index in [2.05, 4.69) is 17.6 Å². The lowest BCUT2D eigenvalue weighted by atomic mass is 9.81. The number of halogens is 1. The number of carbonyl (C=O) groups excluding carboxylic acids is 1. The second-order valence-electron chi connectivity index (χ2n) is 6.87. The Balaban J connectivity index is 0.00000243. The zero-order valence-corrected chi connectivity index (χ0v) is 17.3. The standard InChI is InChI=1S/C16H25N3O4S2.ClH/c1-16(3-5-17-6-4-16)12-18-15(20)14-13(2-11-24-14)25(21,22)19-7-9-23-10-8-19;/h2,11,17H,3-10,12H2,1H3,(H,18,20);1H. The maximum Gasteiger partial charge on any atom is 0.262 e. The number of thiophene rings is 1. The number of hydrogen-bond donors (Lipinski definition) is 2. The lowest BCUT2D eigenvalue weighted by Crippen LogP contribution is -2.43. The Kier molecular flexibility index (Phi) is 7.46. The van der Waals surface area contributed by atoms with Crippen molar-refractivity contribution in [2.75, 3.05) is 45.9 Å². The van der Waals surface area contributed by atoms with Crippen LogP contribution in [-0.2, 0) is 14.8 Å². The minimum atomic E-state index is -3.66. The van der Waals surface area contributed by atoms with Gasteiger partial charge in [-0.25, -0.2) is 8.42 Å². The van der Waals surface area contributed by atoms with Crippen molar-refractivity contribution in [2.24, 2.45) is 5.41 Å². The van der Waals surface area contributed by atoms with Crippen LogP contribution in [0.1, 0.15) is 29.4 Å². The molecule has 148 valence electrons. The van der Waals surface area contributed by atoms with E-state index in [9.17, 15) is 13.2 Å². The molecule has 1 aromatic heterocycles. The molecule has 3 rings (SSSR count). The number of amides is 1. The van der Waals surface area contributed by atoms with E-state index in [0.717, 1.165) is 25.9 Å². The first kappa shape index (κ1) is 21.6. The Morgan fingerprint density at radius 1 is 1.35 bits per heavy atom. The second kappa shape index (κ2) is 8.99. The summed E-state index contributed by atoms with van der Waals surface area (Å²) in [6, 6.07) is 1.52. The van der Waals surface area contributed by atoms with Gasteiger partial charge in [0.25, 0.3) is 5.91 Å². The topological polar surface area (TPSA) is 87.7 Å². The van der Waals surface area contributed by atoms with Gasteiger partial charge in [-0.2, -0.15) is 4.31 Å². The van der Waals surface area contributed by atoms with E-state index in [0.29, 0.717) is 32.8 Å². The van der Waals surface area contributed by atoms with Crippen LogP contribution in [0.15, 0.2) is 16.3 Å². The molecule has 2 N–H and O–H groups in total. The summed E-state index contributed by atoms with van der Waals surface area (Å²) in [6.07, 6.45) is 1.99. The molecule has 2 aliphatic rings. The molecule has 0 aromatic carbocycles. The van der Waals surface area contributed by atoms with Crippen molar-refractivity contribution >= 4 is 39.7 Å². The molecule has 7 nitrogen and oxygen atoms in total. The number of rotatable bonds is 5. The Bertz CT molecular complexity index is 711. The van der Waals surface area contributed by atoms with Gasteiger partial charge in [-0.15, -0.1) is 23.7 Å². The highest BCUT2D eigenvalue weighted by Crippen LogP contribution is 2.28. The molecule has 0 spiro atoms. The van der Waals surface area contributed by atoms with Gasteiger partial charge in [-0.05, 0) is 42.8 Å². The Labute approximate surface area is 164 Å². The molecular weight excluding hydrogens is 398 g/mol. The molecule has 26 heavy (non-hydrogen) atoms. The number of morpholine rings is 1. The minimum Gasteiger partial charge on any atom is -0.379 e. The summed E-state index contributed by atoms with van der Waals surface area (Å²) in [5, 5.41) is 7.92. The van der Waals surface area contributed by atoms with Crippen molar-refractivity contribution in [3.8, 4) is 0 Å². The Morgan fingerprint density at radius 3 is 2.65 bits per heavy atom. The summed E-state index contributed by atoms with van der Waals surface area (Å²) in [4.78, 5) is 13.0. The van der Waals surface area contributed by atoms with Gasteiger partial charge in [0.2, 0.25) is 10.0 Å². The van der Waals surface area contributed by atoms with Crippen LogP contribution >= 0.6 is 23.7 Å². The predicted octanol–water partition coefficient (Wildman–Crippen LogP) is 1.31. The average Bonchev–Trinajstić information content (AvgIpc) is 3.12. The maximum atomic E-state index is 12.8. The number of nitrogens with zero attached hydrogens (tertiary/aromatic N) is 1. The van der Waals surface area contributed by atoms with E-state index in [-0.39, 0.29) is 33.5 Å². The van der Waals surface area contributed by atoms with Gasteiger partial charge in [0.1, 0.15) is 9.77 Å². The number of piperidine rings is 1. The quantitative estimate of drug-likeness (QED) is 0.745. The van der Waals surface area contributed by atoms with Crippen molar-refractivity contribution in [2.45, 2.75) is 24.7 Å². The predicted molar refractivity (Wildman–Crippen MR) is 104 cm³/mol. The summed E-state index contributed by atoms with van der Waals surface area (Å²) in [5.41, 5.74) is 0.0570. The first-order valence-corrected chi connectivity index (χ1v) is 10.9. The minimum absolute atomic E-state index is 0. The number of ether oxygens (including phenoxy) is 1. The van der Waals surface area contributed by atoms with Crippen LogP contribution in [-0.4, -0.2) is 64.6 Å². The third-order valence-corrected chi connectivity index (χ3v) is 7.89. The highest BCUT2D eigenvalue weighted by molar-refractivity contribution is 7.89. The molecule has 0 unspecified atom stereocenters. The fourth-order valence-corrected chi connectivity index (χ4v) is 5.90. The Morgan fingerprint density at radius 2 is 2.00 bits per heavy atom. The fourth-order valence-electron chi connectivity index (χ4n) is 3.17. The van der Waals surface area contributed by atoms with Gasteiger partial charge in [-0.3, -0.25) is 4.79 Å². The van der Waals surface area contributed by atoms with E-state index in [1.165, 1.54) is 21.7 Å². The fraction of sp³-hybridized carbons (Fsp3) is 0.688.